The zero-order valence-corrected chi connectivity index (χ0v) is 11.3. The Morgan fingerprint density at radius 3 is 2.55 bits per heavy atom. The Morgan fingerprint density at radius 2 is 2.00 bits per heavy atom. The van der Waals surface area contributed by atoms with Gasteiger partial charge in [0.25, 0.3) is 5.91 Å². The van der Waals surface area contributed by atoms with Crippen molar-refractivity contribution in [2.45, 2.75) is 24.9 Å². The van der Waals surface area contributed by atoms with Gasteiger partial charge in [-0.3, -0.25) is 4.79 Å². The topological polar surface area (TPSA) is 72.4 Å². The fourth-order valence-corrected chi connectivity index (χ4v) is 2.40. The van der Waals surface area contributed by atoms with E-state index in [-0.39, 0.29) is 23.5 Å². The van der Waals surface area contributed by atoms with Gasteiger partial charge >= 0.3 is 12.1 Å². The average Bonchev–Trinajstić information content (AvgIpc) is 3.17. The molecule has 0 spiro atoms. The number of alkyl halides is 3. The van der Waals surface area contributed by atoms with Crippen molar-refractivity contribution in [2.75, 3.05) is 13.1 Å². The molecule has 1 fully saturated rings. The van der Waals surface area contributed by atoms with Crippen molar-refractivity contribution >= 4 is 5.91 Å². The van der Waals surface area contributed by atoms with Crippen LogP contribution >= 0.6 is 0 Å². The van der Waals surface area contributed by atoms with Crippen molar-refractivity contribution in [3.05, 3.63) is 35.9 Å². The molecule has 22 heavy (non-hydrogen) atoms. The molecule has 1 saturated heterocycles. The molecule has 1 aliphatic heterocycles. The average molecular weight is 315 g/mol. The van der Waals surface area contributed by atoms with Crippen LogP contribution in [0.5, 0.6) is 0 Å². The number of furan rings is 1. The Morgan fingerprint density at radius 1 is 1.27 bits per heavy atom. The first kappa shape index (κ1) is 14.6. The zero-order chi connectivity index (χ0) is 15.7. The van der Waals surface area contributed by atoms with Crippen molar-refractivity contribution in [1.29, 1.82) is 0 Å². The molecule has 118 valence electrons. The van der Waals surface area contributed by atoms with Crippen LogP contribution in [0.25, 0.3) is 0 Å². The SMILES string of the molecule is O=C(c1ccco1)N1CCC(c2nnc(C(F)(F)F)o2)CC1. The maximum atomic E-state index is 12.4. The minimum atomic E-state index is -4.64. The molecule has 9 heteroatoms. The van der Waals surface area contributed by atoms with Crippen molar-refractivity contribution in [1.82, 2.24) is 15.1 Å². The normalized spacial score (nSPS) is 17.0. The first-order valence-electron chi connectivity index (χ1n) is 6.68. The van der Waals surface area contributed by atoms with Gasteiger partial charge < -0.3 is 13.7 Å². The van der Waals surface area contributed by atoms with E-state index >= 15 is 0 Å². The molecule has 1 aliphatic rings. The Balaban J connectivity index is 1.62. The molecule has 0 saturated carbocycles. The molecule has 1 amide bonds. The monoisotopic (exact) mass is 315 g/mol. The molecular weight excluding hydrogens is 303 g/mol. The zero-order valence-electron chi connectivity index (χ0n) is 11.3. The second kappa shape index (κ2) is 5.47. The van der Waals surface area contributed by atoms with Crippen molar-refractivity contribution in [2.24, 2.45) is 0 Å². The van der Waals surface area contributed by atoms with Gasteiger partial charge in [0.2, 0.25) is 5.89 Å². The van der Waals surface area contributed by atoms with E-state index in [4.69, 9.17) is 4.42 Å². The molecule has 3 rings (SSSR count). The number of hydrogen-bond donors (Lipinski definition) is 0. The van der Waals surface area contributed by atoms with Gasteiger partial charge in [-0.1, -0.05) is 0 Å². The van der Waals surface area contributed by atoms with Gasteiger partial charge in [-0.05, 0) is 25.0 Å². The number of carbonyl (C=O) groups is 1. The fourth-order valence-electron chi connectivity index (χ4n) is 2.40. The summed E-state index contributed by atoms with van der Waals surface area (Å²) in [5.41, 5.74) is 0. The van der Waals surface area contributed by atoms with Gasteiger partial charge in [0, 0.05) is 19.0 Å². The summed E-state index contributed by atoms with van der Waals surface area (Å²) in [5, 5.41) is 6.49. The van der Waals surface area contributed by atoms with E-state index in [2.05, 4.69) is 14.6 Å². The highest BCUT2D eigenvalue weighted by Crippen LogP contribution is 2.32. The standard InChI is InChI=1S/C13H12F3N3O3/c14-13(15,16)12-18-17-10(22-12)8-3-5-19(6-4-8)11(20)9-2-1-7-21-9/h1-2,7-8H,3-6H2. The Bertz CT molecular complexity index is 643. The van der Waals surface area contributed by atoms with E-state index in [1.165, 1.54) is 6.26 Å². The molecule has 0 aliphatic carbocycles. The molecular formula is C13H12F3N3O3. The van der Waals surface area contributed by atoms with Crippen LogP contribution in [0.3, 0.4) is 0 Å². The van der Waals surface area contributed by atoms with Crippen LogP contribution in [-0.2, 0) is 6.18 Å². The number of halogens is 3. The smallest absolute Gasteiger partial charge is 0.459 e. The second-order valence-corrected chi connectivity index (χ2v) is 4.99. The Kier molecular flexibility index (Phi) is 3.63. The first-order valence-corrected chi connectivity index (χ1v) is 6.68. The number of nitrogens with zero attached hydrogens (tertiary/aromatic N) is 3. The predicted molar refractivity (Wildman–Crippen MR) is 65.9 cm³/mol. The molecule has 3 heterocycles. The van der Waals surface area contributed by atoms with E-state index < -0.39 is 12.1 Å². The molecule has 0 unspecified atom stereocenters. The minimum Gasteiger partial charge on any atom is -0.459 e. The number of carbonyl (C=O) groups excluding carboxylic acids is 1. The summed E-state index contributed by atoms with van der Waals surface area (Å²) in [6, 6.07) is 3.19. The van der Waals surface area contributed by atoms with Crippen LogP contribution in [0.2, 0.25) is 0 Å². The number of hydrogen-bond acceptors (Lipinski definition) is 5. The lowest BCUT2D eigenvalue weighted by atomic mass is 9.96. The summed E-state index contributed by atoms with van der Waals surface area (Å²) >= 11 is 0. The maximum absolute atomic E-state index is 12.4. The molecule has 0 bridgehead atoms. The highest BCUT2D eigenvalue weighted by Gasteiger charge is 2.39. The summed E-state index contributed by atoms with van der Waals surface area (Å²) < 4.78 is 47.0. The number of likely N-dealkylation sites (tertiary alicyclic amines) is 1. The molecule has 2 aromatic heterocycles. The van der Waals surface area contributed by atoms with E-state index in [9.17, 15) is 18.0 Å². The van der Waals surface area contributed by atoms with Crippen LogP contribution in [0.1, 0.15) is 41.1 Å². The van der Waals surface area contributed by atoms with Gasteiger partial charge in [0.15, 0.2) is 5.76 Å². The van der Waals surface area contributed by atoms with Gasteiger partial charge in [-0.2, -0.15) is 13.2 Å². The first-order chi connectivity index (χ1) is 10.4. The largest absolute Gasteiger partial charge is 0.470 e. The summed E-state index contributed by atoms with van der Waals surface area (Å²) in [4.78, 5) is 13.7. The van der Waals surface area contributed by atoms with Gasteiger partial charge in [0.05, 0.1) is 6.26 Å². The summed E-state index contributed by atoms with van der Waals surface area (Å²) in [7, 11) is 0. The van der Waals surface area contributed by atoms with E-state index in [1.807, 2.05) is 0 Å². The molecule has 6 nitrogen and oxygen atoms in total. The van der Waals surface area contributed by atoms with Crippen molar-refractivity contribution in [3.8, 4) is 0 Å². The fraction of sp³-hybridized carbons (Fsp3) is 0.462. The lowest BCUT2D eigenvalue weighted by molar-refractivity contribution is -0.157. The van der Waals surface area contributed by atoms with Crippen molar-refractivity contribution < 1.29 is 26.8 Å². The van der Waals surface area contributed by atoms with Gasteiger partial charge in [0.1, 0.15) is 0 Å². The lowest BCUT2D eigenvalue weighted by Crippen LogP contribution is -2.37. The van der Waals surface area contributed by atoms with Gasteiger partial charge in [-0.15, -0.1) is 10.2 Å². The third-order valence-electron chi connectivity index (χ3n) is 3.55. The summed E-state index contributed by atoms with van der Waals surface area (Å²) in [5.74, 6) is -1.63. The Labute approximate surface area is 122 Å². The summed E-state index contributed by atoms with van der Waals surface area (Å²) in [6.45, 7) is 0.794. The maximum Gasteiger partial charge on any atom is 0.470 e. The van der Waals surface area contributed by atoms with Crippen molar-refractivity contribution in [3.63, 3.8) is 0 Å². The van der Waals surface area contributed by atoms with E-state index in [1.54, 1.807) is 17.0 Å². The number of amides is 1. The van der Waals surface area contributed by atoms with Crippen LogP contribution < -0.4 is 0 Å². The molecule has 0 atom stereocenters. The number of rotatable bonds is 2. The summed E-state index contributed by atoms with van der Waals surface area (Å²) in [6.07, 6.45) is -2.30. The van der Waals surface area contributed by atoms with Crippen LogP contribution in [0, 0.1) is 0 Å². The lowest BCUT2D eigenvalue weighted by Gasteiger charge is -2.29. The molecule has 0 N–H and O–H groups in total. The van der Waals surface area contributed by atoms with E-state index in [0.29, 0.717) is 25.9 Å². The third kappa shape index (κ3) is 2.83. The number of aromatic nitrogens is 2. The highest BCUT2D eigenvalue weighted by atomic mass is 19.4. The molecule has 0 aromatic carbocycles. The quantitative estimate of drug-likeness (QED) is 0.852. The molecule has 0 radical (unpaired) electrons. The van der Waals surface area contributed by atoms with Crippen LogP contribution in [0.15, 0.2) is 27.2 Å². The van der Waals surface area contributed by atoms with Crippen LogP contribution in [0.4, 0.5) is 13.2 Å². The van der Waals surface area contributed by atoms with Gasteiger partial charge in [-0.25, -0.2) is 0 Å². The minimum absolute atomic E-state index is 0.0302. The second-order valence-electron chi connectivity index (χ2n) is 4.99. The predicted octanol–water partition coefficient (Wildman–Crippen LogP) is 2.70. The molecule has 2 aromatic rings. The highest BCUT2D eigenvalue weighted by molar-refractivity contribution is 5.91. The number of piperidine rings is 1. The van der Waals surface area contributed by atoms with E-state index in [0.717, 1.165) is 0 Å². The third-order valence-corrected chi connectivity index (χ3v) is 3.55. The Hall–Kier alpha value is -2.32. The van der Waals surface area contributed by atoms with Crippen LogP contribution in [-0.4, -0.2) is 34.1 Å².